The Morgan fingerprint density at radius 3 is 1.93 bits per heavy atom. The molecule has 4 rings (SSSR count). The van der Waals surface area contributed by atoms with E-state index in [4.69, 9.17) is 9.47 Å². The fourth-order valence-electron chi connectivity index (χ4n) is 4.99. The van der Waals surface area contributed by atoms with Gasteiger partial charge in [0, 0.05) is 31.5 Å². The van der Waals surface area contributed by atoms with Gasteiger partial charge in [-0.05, 0) is 48.2 Å². The van der Waals surface area contributed by atoms with Crippen molar-refractivity contribution in [3.8, 4) is 11.5 Å². The van der Waals surface area contributed by atoms with Crippen LogP contribution in [-0.4, -0.2) is 37.3 Å². The lowest BCUT2D eigenvalue weighted by molar-refractivity contribution is -0.148. The third kappa shape index (κ3) is 3.44. The molecule has 2 aromatic rings. The molecule has 2 bridgehead atoms. The highest BCUT2D eigenvalue weighted by Gasteiger charge is 2.51. The van der Waals surface area contributed by atoms with Crippen molar-refractivity contribution in [3.05, 3.63) is 59.7 Å². The molecule has 4 heteroatoms. The second kappa shape index (κ2) is 7.53. The third-order valence-corrected chi connectivity index (χ3v) is 6.42. The molecule has 0 amide bonds. The molecule has 2 aliphatic rings. The Morgan fingerprint density at radius 2 is 1.41 bits per heavy atom. The van der Waals surface area contributed by atoms with E-state index in [0.29, 0.717) is 0 Å². The van der Waals surface area contributed by atoms with Gasteiger partial charge in [0.25, 0.3) is 0 Å². The van der Waals surface area contributed by atoms with Gasteiger partial charge in [-0.2, -0.15) is 0 Å². The monoisotopic (exact) mass is 367 g/mol. The number of ether oxygens (including phenoxy) is 2. The number of benzene rings is 2. The number of fused-ring (bicyclic) bond motifs is 2. The molecule has 2 fully saturated rings. The van der Waals surface area contributed by atoms with Crippen molar-refractivity contribution in [2.75, 3.05) is 27.3 Å². The molecule has 1 heterocycles. The van der Waals surface area contributed by atoms with Crippen molar-refractivity contribution < 1.29 is 14.6 Å². The quantitative estimate of drug-likeness (QED) is 0.872. The van der Waals surface area contributed by atoms with E-state index < -0.39 is 5.60 Å². The number of aliphatic hydroxyl groups is 1. The molecule has 2 aromatic carbocycles. The Labute approximate surface area is 161 Å². The van der Waals surface area contributed by atoms with Crippen molar-refractivity contribution in [2.24, 2.45) is 11.8 Å². The van der Waals surface area contributed by atoms with Crippen molar-refractivity contribution in [1.82, 2.24) is 4.90 Å². The fourth-order valence-corrected chi connectivity index (χ4v) is 4.99. The van der Waals surface area contributed by atoms with E-state index in [1.807, 2.05) is 36.4 Å². The standard InChI is InChI=1S/C23H29NO3/c1-26-21-10-6-17(7-11-21)14-24-15-19-4-3-5-20(16-24)23(19,25)18-8-12-22(27-2)13-9-18/h6-13,19-20,25H,3-5,14-16H2,1-2H3/t19-,20-/m1/s1. The molecular weight excluding hydrogens is 338 g/mol. The zero-order valence-corrected chi connectivity index (χ0v) is 16.2. The summed E-state index contributed by atoms with van der Waals surface area (Å²) in [7, 11) is 3.37. The number of rotatable bonds is 5. The maximum Gasteiger partial charge on any atom is 0.118 e. The van der Waals surface area contributed by atoms with Crippen LogP contribution in [0.4, 0.5) is 0 Å². The summed E-state index contributed by atoms with van der Waals surface area (Å²) >= 11 is 0. The highest BCUT2D eigenvalue weighted by Crippen LogP contribution is 2.49. The van der Waals surface area contributed by atoms with E-state index in [0.717, 1.165) is 49.5 Å². The minimum atomic E-state index is -0.721. The third-order valence-electron chi connectivity index (χ3n) is 6.42. The van der Waals surface area contributed by atoms with Gasteiger partial charge in [-0.25, -0.2) is 0 Å². The smallest absolute Gasteiger partial charge is 0.118 e. The summed E-state index contributed by atoms with van der Waals surface area (Å²) in [6, 6.07) is 16.3. The van der Waals surface area contributed by atoms with Crippen LogP contribution >= 0.6 is 0 Å². The van der Waals surface area contributed by atoms with E-state index in [9.17, 15) is 5.11 Å². The molecule has 1 saturated heterocycles. The highest BCUT2D eigenvalue weighted by atomic mass is 16.5. The molecule has 0 aromatic heterocycles. The zero-order chi connectivity index (χ0) is 18.9. The van der Waals surface area contributed by atoms with Gasteiger partial charge >= 0.3 is 0 Å². The van der Waals surface area contributed by atoms with Crippen molar-refractivity contribution in [2.45, 2.75) is 31.4 Å². The molecule has 0 radical (unpaired) electrons. The van der Waals surface area contributed by atoms with Crippen LogP contribution in [0.2, 0.25) is 0 Å². The molecule has 2 atom stereocenters. The van der Waals surface area contributed by atoms with Crippen LogP contribution in [-0.2, 0) is 12.1 Å². The highest BCUT2D eigenvalue weighted by molar-refractivity contribution is 5.33. The van der Waals surface area contributed by atoms with E-state index in [-0.39, 0.29) is 11.8 Å². The number of hydrogen-bond acceptors (Lipinski definition) is 4. The van der Waals surface area contributed by atoms with Crippen molar-refractivity contribution in [3.63, 3.8) is 0 Å². The van der Waals surface area contributed by atoms with Gasteiger partial charge in [0.2, 0.25) is 0 Å². The Morgan fingerprint density at radius 1 is 0.889 bits per heavy atom. The lowest BCUT2D eigenvalue weighted by Crippen LogP contribution is -2.57. The minimum Gasteiger partial charge on any atom is -0.497 e. The van der Waals surface area contributed by atoms with Gasteiger partial charge in [-0.1, -0.05) is 30.7 Å². The summed E-state index contributed by atoms with van der Waals surface area (Å²) < 4.78 is 10.5. The zero-order valence-electron chi connectivity index (χ0n) is 16.2. The van der Waals surface area contributed by atoms with Crippen LogP contribution < -0.4 is 9.47 Å². The summed E-state index contributed by atoms with van der Waals surface area (Å²) in [5.74, 6) is 2.28. The number of hydrogen-bond donors (Lipinski definition) is 1. The van der Waals surface area contributed by atoms with Gasteiger partial charge in [0.15, 0.2) is 0 Å². The van der Waals surface area contributed by atoms with Crippen LogP contribution in [0.5, 0.6) is 11.5 Å². The molecule has 4 nitrogen and oxygen atoms in total. The van der Waals surface area contributed by atoms with Crippen LogP contribution in [0.3, 0.4) is 0 Å². The topological polar surface area (TPSA) is 41.9 Å². The summed E-state index contributed by atoms with van der Waals surface area (Å²) in [6.07, 6.45) is 3.38. The van der Waals surface area contributed by atoms with E-state index in [1.165, 1.54) is 12.0 Å². The molecule has 1 aliphatic heterocycles. The lowest BCUT2D eigenvalue weighted by atomic mass is 9.62. The molecule has 0 spiro atoms. The molecule has 144 valence electrons. The summed E-state index contributed by atoms with van der Waals surface area (Å²) in [4.78, 5) is 2.51. The summed E-state index contributed by atoms with van der Waals surface area (Å²) in [5.41, 5.74) is 1.62. The summed E-state index contributed by atoms with van der Waals surface area (Å²) in [6.45, 7) is 2.80. The first-order valence-corrected chi connectivity index (χ1v) is 9.85. The first-order chi connectivity index (χ1) is 13.1. The van der Waals surface area contributed by atoms with Gasteiger partial charge in [-0.15, -0.1) is 0 Å². The largest absolute Gasteiger partial charge is 0.497 e. The van der Waals surface area contributed by atoms with Crippen molar-refractivity contribution >= 4 is 0 Å². The Bertz CT molecular complexity index is 742. The Balaban J connectivity index is 1.52. The second-order valence-corrected chi connectivity index (χ2v) is 7.92. The Kier molecular flexibility index (Phi) is 5.11. The average Bonchev–Trinajstić information content (AvgIpc) is 2.69. The van der Waals surface area contributed by atoms with Crippen LogP contribution in [0.25, 0.3) is 0 Å². The van der Waals surface area contributed by atoms with Gasteiger partial charge in [0.1, 0.15) is 11.5 Å². The van der Waals surface area contributed by atoms with E-state index in [1.54, 1.807) is 14.2 Å². The van der Waals surface area contributed by atoms with Crippen molar-refractivity contribution in [1.29, 1.82) is 0 Å². The Hall–Kier alpha value is -2.04. The summed E-state index contributed by atoms with van der Waals surface area (Å²) in [5, 5.41) is 11.8. The number of piperidine rings is 1. The van der Waals surface area contributed by atoms with Gasteiger partial charge in [-0.3, -0.25) is 4.90 Å². The normalized spacial score (nSPS) is 28.0. The molecular formula is C23H29NO3. The number of likely N-dealkylation sites (tertiary alicyclic amines) is 1. The molecule has 1 saturated carbocycles. The fraction of sp³-hybridized carbons (Fsp3) is 0.478. The lowest BCUT2D eigenvalue weighted by Gasteiger charge is -2.53. The van der Waals surface area contributed by atoms with E-state index in [2.05, 4.69) is 17.0 Å². The molecule has 27 heavy (non-hydrogen) atoms. The maximum absolute atomic E-state index is 11.8. The van der Waals surface area contributed by atoms with Gasteiger partial charge in [0.05, 0.1) is 19.8 Å². The van der Waals surface area contributed by atoms with Crippen LogP contribution in [0.15, 0.2) is 48.5 Å². The molecule has 1 N–H and O–H groups in total. The predicted molar refractivity (Wildman–Crippen MR) is 106 cm³/mol. The van der Waals surface area contributed by atoms with Gasteiger partial charge < -0.3 is 14.6 Å². The number of nitrogens with zero attached hydrogens (tertiary/aromatic N) is 1. The second-order valence-electron chi connectivity index (χ2n) is 7.92. The maximum atomic E-state index is 11.8. The van der Waals surface area contributed by atoms with Crippen LogP contribution in [0, 0.1) is 11.8 Å². The van der Waals surface area contributed by atoms with Crippen LogP contribution in [0.1, 0.15) is 30.4 Å². The number of methoxy groups -OCH3 is 2. The average molecular weight is 367 g/mol. The molecule has 1 aliphatic carbocycles. The SMILES string of the molecule is COc1ccc(CN2C[C@H]3CCC[C@H](C2)C3(O)c2ccc(OC)cc2)cc1. The minimum absolute atomic E-state index is 0.275. The first kappa shape index (κ1) is 18.3. The molecule has 0 unspecified atom stereocenters. The van der Waals surface area contributed by atoms with E-state index >= 15 is 0 Å². The first-order valence-electron chi connectivity index (χ1n) is 9.85. The predicted octanol–water partition coefficient (Wildman–Crippen LogP) is 3.82.